The average Bonchev–Trinajstić information content (AvgIpc) is 1.30. The minimum atomic E-state index is 0.370. The minimum absolute atomic E-state index is 0.370. The van der Waals surface area contributed by atoms with E-state index in [1.807, 2.05) is 0 Å². The molecule has 0 spiro atoms. The van der Waals surface area contributed by atoms with Gasteiger partial charge in [0.25, 0.3) is 0 Å². The summed E-state index contributed by atoms with van der Waals surface area (Å²) in [6.07, 6.45) is 1.18. The van der Waals surface area contributed by atoms with E-state index in [0.29, 0.717) is 5.73 Å². The molecule has 0 N–H and O–H groups in total. The quantitative estimate of drug-likeness (QED) is 0.373. The topological polar surface area (TPSA) is 9.23 Å². The van der Waals surface area contributed by atoms with Crippen molar-refractivity contribution >= 4 is 10.2 Å². The number of hydrogen-bond donors (Lipinski definition) is 0. The Hall–Kier alpha value is 0.177. The SMILES string of the molecule is [Si]C1CCO1. The summed E-state index contributed by atoms with van der Waals surface area (Å²) in [6.45, 7) is 0.939. The number of hydrogen-bond acceptors (Lipinski definition) is 1. The Morgan fingerprint density at radius 1 is 1.80 bits per heavy atom. The van der Waals surface area contributed by atoms with Crippen molar-refractivity contribution in [3.63, 3.8) is 0 Å². The molecule has 1 nitrogen and oxygen atoms in total. The molecule has 0 aliphatic carbocycles. The largest absolute Gasteiger partial charge is 0.382 e. The van der Waals surface area contributed by atoms with Gasteiger partial charge >= 0.3 is 0 Å². The van der Waals surface area contributed by atoms with Gasteiger partial charge in [0.2, 0.25) is 0 Å². The smallest absolute Gasteiger partial charge is 0.0658 e. The van der Waals surface area contributed by atoms with Gasteiger partial charge in [0.05, 0.1) is 10.2 Å². The van der Waals surface area contributed by atoms with E-state index >= 15 is 0 Å². The van der Waals surface area contributed by atoms with Gasteiger partial charge in [-0.15, -0.1) is 0 Å². The van der Waals surface area contributed by atoms with Crippen molar-refractivity contribution in [3.8, 4) is 0 Å². The monoisotopic (exact) mass is 85.0 g/mol. The summed E-state index contributed by atoms with van der Waals surface area (Å²) < 4.78 is 4.84. The fraction of sp³-hybridized carbons (Fsp3) is 1.00. The fourth-order valence-corrected chi connectivity index (χ4v) is 0.471. The Labute approximate surface area is 34.7 Å². The Bertz CT molecular complexity index is 33.9. The molecule has 2 heteroatoms. The molecule has 0 bridgehead atoms. The van der Waals surface area contributed by atoms with Gasteiger partial charge in [0.15, 0.2) is 0 Å². The van der Waals surface area contributed by atoms with Crippen molar-refractivity contribution < 1.29 is 4.74 Å². The molecule has 5 heavy (non-hydrogen) atoms. The van der Waals surface area contributed by atoms with Gasteiger partial charge in [-0.2, -0.15) is 0 Å². The van der Waals surface area contributed by atoms with Gasteiger partial charge in [-0.1, -0.05) is 0 Å². The molecule has 0 saturated carbocycles. The van der Waals surface area contributed by atoms with Crippen LogP contribution in [0.2, 0.25) is 0 Å². The van der Waals surface area contributed by atoms with Gasteiger partial charge in [-0.05, 0) is 6.42 Å². The molecule has 0 aromatic rings. The van der Waals surface area contributed by atoms with Crippen LogP contribution in [0.15, 0.2) is 0 Å². The third kappa shape index (κ3) is 0.519. The molecule has 1 atom stereocenters. The van der Waals surface area contributed by atoms with Crippen LogP contribution in [0.5, 0.6) is 0 Å². The van der Waals surface area contributed by atoms with Gasteiger partial charge in [-0.3, -0.25) is 0 Å². The number of rotatable bonds is 0. The highest BCUT2D eigenvalue weighted by atomic mass is 28.1. The van der Waals surface area contributed by atoms with Crippen molar-refractivity contribution in [2.24, 2.45) is 0 Å². The van der Waals surface area contributed by atoms with E-state index in [4.69, 9.17) is 4.74 Å². The van der Waals surface area contributed by atoms with E-state index in [1.165, 1.54) is 6.42 Å². The predicted molar refractivity (Wildman–Crippen MR) is 20.1 cm³/mol. The van der Waals surface area contributed by atoms with Crippen molar-refractivity contribution in [1.82, 2.24) is 0 Å². The molecule has 1 aliphatic heterocycles. The fourth-order valence-electron chi connectivity index (χ4n) is 0.236. The standard InChI is InChI=1S/C3H5OSi/c5-3-1-2-4-3/h3H,1-2H2. The summed E-state index contributed by atoms with van der Waals surface area (Å²) in [5.74, 6) is 0. The molecule has 3 radical (unpaired) electrons. The van der Waals surface area contributed by atoms with Crippen LogP contribution in [-0.4, -0.2) is 22.6 Å². The first-order valence-corrected chi connectivity index (χ1v) is 2.30. The Morgan fingerprint density at radius 2 is 2.20 bits per heavy atom. The highest BCUT2D eigenvalue weighted by molar-refractivity contribution is 6.11. The third-order valence-electron chi connectivity index (χ3n) is 0.699. The van der Waals surface area contributed by atoms with Gasteiger partial charge in [0.1, 0.15) is 0 Å². The summed E-state index contributed by atoms with van der Waals surface area (Å²) in [7, 11) is 3.28. The van der Waals surface area contributed by atoms with Crippen molar-refractivity contribution in [2.75, 3.05) is 6.61 Å². The van der Waals surface area contributed by atoms with Crippen molar-refractivity contribution in [2.45, 2.75) is 12.1 Å². The van der Waals surface area contributed by atoms with Crippen molar-refractivity contribution in [1.29, 1.82) is 0 Å². The van der Waals surface area contributed by atoms with Gasteiger partial charge in [-0.25, -0.2) is 0 Å². The second-order valence-corrected chi connectivity index (χ2v) is 1.79. The molecule has 1 heterocycles. The zero-order valence-electron chi connectivity index (χ0n) is 2.90. The molecule has 1 fully saturated rings. The third-order valence-corrected chi connectivity index (χ3v) is 1.15. The summed E-state index contributed by atoms with van der Waals surface area (Å²) >= 11 is 0. The molecule has 0 aromatic carbocycles. The van der Waals surface area contributed by atoms with E-state index in [9.17, 15) is 0 Å². The minimum Gasteiger partial charge on any atom is -0.382 e. The van der Waals surface area contributed by atoms with Crippen LogP contribution in [-0.2, 0) is 4.74 Å². The normalized spacial score (nSPS) is 36.6. The first kappa shape index (κ1) is 3.37. The second-order valence-electron chi connectivity index (χ2n) is 1.15. The van der Waals surface area contributed by atoms with Crippen LogP contribution >= 0.6 is 0 Å². The molecule has 1 saturated heterocycles. The highest BCUT2D eigenvalue weighted by Gasteiger charge is 2.09. The van der Waals surface area contributed by atoms with Crippen LogP contribution in [0.1, 0.15) is 6.42 Å². The van der Waals surface area contributed by atoms with Crippen molar-refractivity contribution in [3.05, 3.63) is 0 Å². The summed E-state index contributed by atoms with van der Waals surface area (Å²) in [5, 5.41) is 0. The van der Waals surface area contributed by atoms with Gasteiger partial charge in [0, 0.05) is 12.3 Å². The number of ether oxygens (including phenoxy) is 1. The lowest BCUT2D eigenvalue weighted by Gasteiger charge is -2.20. The predicted octanol–water partition coefficient (Wildman–Crippen LogP) is -0.0987. The molecule has 0 aromatic heterocycles. The highest BCUT2D eigenvalue weighted by Crippen LogP contribution is 2.04. The Kier molecular flexibility index (Phi) is 0.745. The molecule has 1 aliphatic rings. The second kappa shape index (κ2) is 1.10. The molecule has 27 valence electrons. The summed E-state index contributed by atoms with van der Waals surface area (Å²) in [4.78, 5) is 0. The van der Waals surface area contributed by atoms with Crippen LogP contribution < -0.4 is 0 Å². The maximum Gasteiger partial charge on any atom is 0.0658 e. The van der Waals surface area contributed by atoms with E-state index in [-0.39, 0.29) is 0 Å². The van der Waals surface area contributed by atoms with E-state index in [0.717, 1.165) is 6.61 Å². The molecule has 1 unspecified atom stereocenters. The maximum absolute atomic E-state index is 4.84. The van der Waals surface area contributed by atoms with Crippen LogP contribution in [0.4, 0.5) is 0 Å². The lowest BCUT2D eigenvalue weighted by Crippen LogP contribution is -2.26. The molecule has 1 rings (SSSR count). The Balaban J connectivity index is 2.08. The van der Waals surface area contributed by atoms with Gasteiger partial charge < -0.3 is 4.74 Å². The van der Waals surface area contributed by atoms with E-state index in [2.05, 4.69) is 10.2 Å². The zero-order chi connectivity index (χ0) is 3.70. The lowest BCUT2D eigenvalue weighted by molar-refractivity contribution is 0.00392. The molecular formula is C3H5OSi. The van der Waals surface area contributed by atoms with Crippen LogP contribution in [0.25, 0.3) is 0 Å². The first-order chi connectivity index (χ1) is 2.39. The summed E-state index contributed by atoms with van der Waals surface area (Å²) in [5.41, 5.74) is 0.370. The maximum atomic E-state index is 4.84. The van der Waals surface area contributed by atoms with Crippen LogP contribution in [0.3, 0.4) is 0 Å². The first-order valence-electron chi connectivity index (χ1n) is 1.72. The molecular weight excluding hydrogens is 80.1 g/mol. The van der Waals surface area contributed by atoms with Crippen LogP contribution in [0, 0.1) is 0 Å². The summed E-state index contributed by atoms with van der Waals surface area (Å²) in [6, 6.07) is 0. The lowest BCUT2D eigenvalue weighted by atomic mass is 10.4. The van der Waals surface area contributed by atoms with E-state index in [1.54, 1.807) is 0 Å². The average molecular weight is 85.2 g/mol. The van der Waals surface area contributed by atoms with E-state index < -0.39 is 0 Å². The zero-order valence-corrected chi connectivity index (χ0v) is 3.90. The Morgan fingerprint density at radius 3 is 2.20 bits per heavy atom. The molecule has 0 amide bonds.